The van der Waals surface area contributed by atoms with Crippen molar-refractivity contribution >= 4 is 33.5 Å². The van der Waals surface area contributed by atoms with Crippen molar-refractivity contribution in [1.29, 1.82) is 0 Å². The number of anilines is 1. The zero-order valence-corrected chi connectivity index (χ0v) is 16.7. The van der Waals surface area contributed by atoms with Crippen LogP contribution in [0.5, 0.6) is 0 Å². The van der Waals surface area contributed by atoms with E-state index in [1.165, 1.54) is 10.8 Å². The van der Waals surface area contributed by atoms with Crippen LogP contribution < -0.4 is 4.90 Å². The first kappa shape index (κ1) is 18.6. The van der Waals surface area contributed by atoms with E-state index in [1.807, 2.05) is 12.1 Å². The minimum atomic E-state index is -0.730. The van der Waals surface area contributed by atoms with E-state index >= 15 is 0 Å². The first-order chi connectivity index (χ1) is 14.7. The highest BCUT2D eigenvalue weighted by atomic mass is 16.4. The SMILES string of the molecule is O=C(O)C[C@H]1CCCN(c2ncnc3cccc(-c4ccc5ccccc5c4)c23)C1. The van der Waals surface area contributed by atoms with Gasteiger partial charge in [0.05, 0.1) is 10.9 Å². The summed E-state index contributed by atoms with van der Waals surface area (Å²) >= 11 is 0. The molecule has 4 aromatic rings. The minimum absolute atomic E-state index is 0.147. The zero-order valence-electron chi connectivity index (χ0n) is 16.7. The third-order valence-corrected chi connectivity index (χ3v) is 5.99. The number of carboxylic acids is 1. The smallest absolute Gasteiger partial charge is 0.303 e. The Kier molecular flexibility index (Phi) is 4.79. The predicted octanol–water partition coefficient (Wildman–Crippen LogP) is 5.14. The number of rotatable bonds is 4. The van der Waals surface area contributed by atoms with Gasteiger partial charge in [-0.25, -0.2) is 9.97 Å². The molecule has 1 aromatic heterocycles. The Morgan fingerprint density at radius 1 is 1.03 bits per heavy atom. The average molecular weight is 397 g/mol. The minimum Gasteiger partial charge on any atom is -0.481 e. The second-order valence-electron chi connectivity index (χ2n) is 8.01. The maximum atomic E-state index is 11.2. The topological polar surface area (TPSA) is 66.3 Å². The molecule has 0 amide bonds. The van der Waals surface area contributed by atoms with Crippen LogP contribution in [0.1, 0.15) is 19.3 Å². The van der Waals surface area contributed by atoms with Gasteiger partial charge in [-0.05, 0) is 52.8 Å². The van der Waals surface area contributed by atoms with E-state index in [0.717, 1.165) is 47.2 Å². The highest BCUT2D eigenvalue weighted by molar-refractivity contribution is 6.03. The van der Waals surface area contributed by atoms with Crippen LogP contribution >= 0.6 is 0 Å². The van der Waals surface area contributed by atoms with Crippen molar-refractivity contribution in [1.82, 2.24) is 9.97 Å². The largest absolute Gasteiger partial charge is 0.481 e. The molecule has 30 heavy (non-hydrogen) atoms. The van der Waals surface area contributed by atoms with Crippen LogP contribution in [-0.4, -0.2) is 34.1 Å². The molecule has 1 aliphatic heterocycles. The highest BCUT2D eigenvalue weighted by Gasteiger charge is 2.25. The lowest BCUT2D eigenvalue weighted by Crippen LogP contribution is -2.37. The van der Waals surface area contributed by atoms with Crippen molar-refractivity contribution in [3.63, 3.8) is 0 Å². The molecule has 0 bridgehead atoms. The average Bonchev–Trinajstić information content (AvgIpc) is 2.77. The van der Waals surface area contributed by atoms with Gasteiger partial charge in [-0.15, -0.1) is 0 Å². The molecule has 1 atom stereocenters. The van der Waals surface area contributed by atoms with Gasteiger partial charge in [0.2, 0.25) is 0 Å². The van der Waals surface area contributed by atoms with Crippen molar-refractivity contribution in [2.24, 2.45) is 5.92 Å². The summed E-state index contributed by atoms with van der Waals surface area (Å²) in [6.07, 6.45) is 3.74. The summed E-state index contributed by atoms with van der Waals surface area (Å²) in [4.78, 5) is 22.6. The number of benzene rings is 3. The van der Waals surface area contributed by atoms with Crippen molar-refractivity contribution in [2.45, 2.75) is 19.3 Å². The Morgan fingerprint density at radius 3 is 2.77 bits per heavy atom. The third kappa shape index (κ3) is 3.47. The molecule has 5 heteroatoms. The Bertz CT molecular complexity index is 1230. The molecule has 1 saturated heterocycles. The summed E-state index contributed by atoms with van der Waals surface area (Å²) in [7, 11) is 0. The number of carboxylic acid groups (broad SMARTS) is 1. The van der Waals surface area contributed by atoms with Gasteiger partial charge in [-0.3, -0.25) is 4.79 Å². The van der Waals surface area contributed by atoms with Crippen LogP contribution in [0.3, 0.4) is 0 Å². The second kappa shape index (κ2) is 7.75. The standard InChI is InChI=1S/C25H23N3O2/c29-23(30)13-17-5-4-12-28(15-17)25-24-21(8-3-9-22(24)26-16-27-25)20-11-10-18-6-1-2-7-19(18)14-20/h1-3,6-11,14,16-17H,4-5,12-13,15H2,(H,29,30)/t17-/m1/s1. The van der Waals surface area contributed by atoms with Crippen LogP contribution in [0.25, 0.3) is 32.8 Å². The number of piperidine rings is 1. The Balaban J connectivity index is 1.62. The Morgan fingerprint density at radius 2 is 1.90 bits per heavy atom. The molecule has 1 fully saturated rings. The van der Waals surface area contributed by atoms with Gasteiger partial charge in [-0.2, -0.15) is 0 Å². The molecule has 1 aliphatic rings. The summed E-state index contributed by atoms with van der Waals surface area (Å²) < 4.78 is 0. The fourth-order valence-corrected chi connectivity index (χ4v) is 4.60. The van der Waals surface area contributed by atoms with Crippen LogP contribution in [-0.2, 0) is 4.79 Å². The van der Waals surface area contributed by atoms with Crippen molar-refractivity contribution in [3.8, 4) is 11.1 Å². The van der Waals surface area contributed by atoms with Gasteiger partial charge in [0, 0.05) is 19.5 Å². The number of aromatic nitrogens is 2. The summed E-state index contributed by atoms with van der Waals surface area (Å²) in [5.74, 6) is 0.319. The molecule has 0 unspecified atom stereocenters. The third-order valence-electron chi connectivity index (χ3n) is 5.99. The summed E-state index contributed by atoms with van der Waals surface area (Å²) in [6, 6.07) is 21.0. The number of fused-ring (bicyclic) bond motifs is 2. The quantitative estimate of drug-likeness (QED) is 0.516. The van der Waals surface area contributed by atoms with E-state index in [9.17, 15) is 9.90 Å². The molecule has 0 saturated carbocycles. The lowest BCUT2D eigenvalue weighted by Gasteiger charge is -2.33. The van der Waals surface area contributed by atoms with Gasteiger partial charge in [-0.1, -0.05) is 48.5 Å². The normalized spacial score (nSPS) is 16.8. The molecular weight excluding hydrogens is 374 g/mol. The van der Waals surface area contributed by atoms with Crippen LogP contribution in [0.15, 0.2) is 67.0 Å². The maximum absolute atomic E-state index is 11.2. The molecular formula is C25H23N3O2. The van der Waals surface area contributed by atoms with E-state index in [-0.39, 0.29) is 12.3 Å². The summed E-state index contributed by atoms with van der Waals surface area (Å²) in [5, 5.41) is 12.7. The molecule has 0 aliphatic carbocycles. The fraction of sp³-hybridized carbons (Fsp3) is 0.240. The van der Waals surface area contributed by atoms with Gasteiger partial charge >= 0.3 is 5.97 Å². The summed E-state index contributed by atoms with van der Waals surface area (Å²) in [5.41, 5.74) is 3.15. The van der Waals surface area contributed by atoms with E-state index in [1.54, 1.807) is 6.33 Å². The van der Waals surface area contributed by atoms with Gasteiger partial charge in [0.25, 0.3) is 0 Å². The second-order valence-corrected chi connectivity index (χ2v) is 8.01. The predicted molar refractivity (Wildman–Crippen MR) is 120 cm³/mol. The van der Waals surface area contributed by atoms with Crippen LogP contribution in [0.2, 0.25) is 0 Å². The lowest BCUT2D eigenvalue weighted by atomic mass is 9.93. The molecule has 2 heterocycles. The van der Waals surface area contributed by atoms with E-state index in [2.05, 4.69) is 63.4 Å². The van der Waals surface area contributed by atoms with E-state index in [4.69, 9.17) is 0 Å². The van der Waals surface area contributed by atoms with Crippen molar-refractivity contribution in [2.75, 3.05) is 18.0 Å². The molecule has 5 rings (SSSR count). The zero-order chi connectivity index (χ0) is 20.5. The van der Waals surface area contributed by atoms with Crippen LogP contribution in [0.4, 0.5) is 5.82 Å². The summed E-state index contributed by atoms with van der Waals surface area (Å²) in [6.45, 7) is 1.60. The van der Waals surface area contributed by atoms with Crippen LogP contribution in [0, 0.1) is 5.92 Å². The molecule has 5 nitrogen and oxygen atoms in total. The number of nitrogens with zero attached hydrogens (tertiary/aromatic N) is 3. The first-order valence-corrected chi connectivity index (χ1v) is 10.4. The molecule has 1 N–H and O–H groups in total. The maximum Gasteiger partial charge on any atom is 0.303 e. The van der Waals surface area contributed by atoms with Gasteiger partial charge < -0.3 is 10.0 Å². The number of hydrogen-bond donors (Lipinski definition) is 1. The molecule has 150 valence electrons. The molecule has 0 spiro atoms. The van der Waals surface area contributed by atoms with Crippen molar-refractivity contribution < 1.29 is 9.90 Å². The fourth-order valence-electron chi connectivity index (χ4n) is 4.60. The lowest BCUT2D eigenvalue weighted by molar-refractivity contribution is -0.138. The highest BCUT2D eigenvalue weighted by Crippen LogP contribution is 2.36. The van der Waals surface area contributed by atoms with E-state index < -0.39 is 5.97 Å². The number of carbonyl (C=O) groups is 1. The van der Waals surface area contributed by atoms with Crippen molar-refractivity contribution in [3.05, 3.63) is 67.0 Å². The number of hydrogen-bond acceptors (Lipinski definition) is 4. The molecule has 0 radical (unpaired) electrons. The number of aliphatic carboxylic acids is 1. The Labute approximate surface area is 175 Å². The van der Waals surface area contributed by atoms with E-state index in [0.29, 0.717) is 6.54 Å². The van der Waals surface area contributed by atoms with Gasteiger partial charge in [0.1, 0.15) is 12.1 Å². The Hall–Kier alpha value is -3.47. The van der Waals surface area contributed by atoms with Gasteiger partial charge in [0.15, 0.2) is 0 Å². The molecule has 3 aromatic carbocycles. The monoisotopic (exact) mass is 397 g/mol. The first-order valence-electron chi connectivity index (χ1n) is 10.4.